The first kappa shape index (κ1) is 17.3. The van der Waals surface area contributed by atoms with Crippen molar-refractivity contribution in [1.29, 1.82) is 0 Å². The van der Waals surface area contributed by atoms with Gasteiger partial charge in [0.25, 0.3) is 0 Å². The second kappa shape index (κ2) is 6.07. The summed E-state index contributed by atoms with van der Waals surface area (Å²) in [5.41, 5.74) is 0. The molecule has 2 fully saturated rings. The fraction of sp³-hybridized carbons (Fsp3) is 0.750. The fourth-order valence-electron chi connectivity index (χ4n) is 3.04. The van der Waals surface area contributed by atoms with Gasteiger partial charge in [-0.1, -0.05) is 6.07 Å². The van der Waals surface area contributed by atoms with Gasteiger partial charge < -0.3 is 29.2 Å². The van der Waals surface area contributed by atoms with Gasteiger partial charge >= 0.3 is 0 Å². The van der Waals surface area contributed by atoms with E-state index in [4.69, 9.17) is 18.9 Å². The van der Waals surface area contributed by atoms with Crippen molar-refractivity contribution in [1.82, 2.24) is 0 Å². The minimum absolute atomic E-state index is 0.274. The molecule has 1 aromatic rings. The summed E-state index contributed by atoms with van der Waals surface area (Å²) in [7, 11) is 0. The zero-order chi connectivity index (χ0) is 16.8. The Morgan fingerprint density at radius 3 is 2.35 bits per heavy atom. The topological polar surface area (TPSA) is 77.4 Å². The largest absolute Gasteiger partial charge is 0.387 e. The molecule has 3 heterocycles. The molecule has 0 spiro atoms. The second-order valence-corrected chi connectivity index (χ2v) is 7.86. The zero-order valence-corrected chi connectivity index (χ0v) is 14.6. The Morgan fingerprint density at radius 1 is 1.09 bits per heavy atom. The maximum absolute atomic E-state index is 10.7. The van der Waals surface area contributed by atoms with Crippen molar-refractivity contribution in [2.75, 3.05) is 6.61 Å². The first-order chi connectivity index (χ1) is 10.7. The molecule has 0 amide bonds. The van der Waals surface area contributed by atoms with Crippen LogP contribution in [-0.4, -0.2) is 52.8 Å². The van der Waals surface area contributed by atoms with E-state index in [0.717, 1.165) is 4.88 Å². The Balaban J connectivity index is 1.78. The zero-order valence-electron chi connectivity index (χ0n) is 13.8. The Kier molecular flexibility index (Phi) is 4.57. The van der Waals surface area contributed by atoms with E-state index in [1.807, 2.05) is 17.5 Å². The average molecular weight is 344 g/mol. The molecule has 7 heteroatoms. The van der Waals surface area contributed by atoms with Gasteiger partial charge in [-0.25, -0.2) is 0 Å². The summed E-state index contributed by atoms with van der Waals surface area (Å²) in [5, 5.41) is 23.2. The van der Waals surface area contributed by atoms with Crippen molar-refractivity contribution in [3.8, 4) is 0 Å². The molecule has 0 saturated carbocycles. The van der Waals surface area contributed by atoms with Crippen molar-refractivity contribution in [3.05, 3.63) is 22.4 Å². The summed E-state index contributed by atoms with van der Waals surface area (Å²) in [6, 6.07) is 3.71. The van der Waals surface area contributed by atoms with Crippen molar-refractivity contribution >= 4 is 11.3 Å². The summed E-state index contributed by atoms with van der Waals surface area (Å²) in [6.07, 6.45) is -3.73. The van der Waals surface area contributed by atoms with E-state index in [1.165, 1.54) is 11.3 Å². The Labute approximate surface area is 139 Å². The van der Waals surface area contributed by atoms with Crippen LogP contribution in [0.5, 0.6) is 0 Å². The van der Waals surface area contributed by atoms with E-state index >= 15 is 0 Å². The first-order valence-electron chi connectivity index (χ1n) is 7.75. The lowest BCUT2D eigenvalue weighted by molar-refractivity contribution is -0.179. The third kappa shape index (κ3) is 3.61. The summed E-state index contributed by atoms with van der Waals surface area (Å²) < 4.78 is 23.0. The van der Waals surface area contributed by atoms with Crippen molar-refractivity contribution < 1.29 is 29.2 Å². The van der Waals surface area contributed by atoms with Crippen LogP contribution in [0.25, 0.3) is 0 Å². The smallest absolute Gasteiger partial charge is 0.164 e. The molecule has 1 aromatic heterocycles. The lowest BCUT2D eigenvalue weighted by atomic mass is 9.98. The van der Waals surface area contributed by atoms with E-state index in [1.54, 1.807) is 27.7 Å². The molecule has 0 aliphatic carbocycles. The summed E-state index contributed by atoms with van der Waals surface area (Å²) >= 11 is 1.44. The van der Waals surface area contributed by atoms with Crippen molar-refractivity contribution in [2.45, 2.75) is 69.8 Å². The van der Waals surface area contributed by atoms with Crippen LogP contribution in [0, 0.1) is 0 Å². The number of ether oxygens (including phenoxy) is 4. The van der Waals surface area contributed by atoms with Crippen molar-refractivity contribution in [2.24, 2.45) is 0 Å². The Bertz CT molecular complexity index is 529. The van der Waals surface area contributed by atoms with Crippen LogP contribution in [-0.2, 0) is 18.9 Å². The normalized spacial score (nSPS) is 35.3. The fourth-order valence-corrected chi connectivity index (χ4v) is 3.79. The van der Waals surface area contributed by atoms with Gasteiger partial charge in [-0.3, -0.25) is 0 Å². The lowest BCUT2D eigenvalue weighted by Crippen LogP contribution is -2.46. The number of thiophene rings is 1. The van der Waals surface area contributed by atoms with Gasteiger partial charge in [0.05, 0.1) is 6.61 Å². The van der Waals surface area contributed by atoms with E-state index in [2.05, 4.69) is 0 Å². The molecule has 0 aromatic carbocycles. The number of hydrogen-bond donors (Lipinski definition) is 2. The number of rotatable bonds is 4. The standard InChI is InChI=1S/C16H24O6S/c1-15(2)19-8-9(20-15)11(17)13-14(22-16(3,4)21-13)12(18)10-6-5-7-23-10/h5-7,9,11-14,17-18H,8H2,1-4H3/t9-,11-,12+,13+,14-/m1/s1. The Hall–Kier alpha value is -0.540. The predicted octanol–water partition coefficient (Wildman–Crippen LogP) is 1.81. The molecule has 3 rings (SSSR count). The molecule has 23 heavy (non-hydrogen) atoms. The maximum Gasteiger partial charge on any atom is 0.164 e. The molecule has 0 unspecified atom stereocenters. The SMILES string of the molecule is CC1(C)O[C@@H]([C@H](O)[C@H]2COC(C)(C)O2)[C@@H]([C@@H](O)c2cccs2)O1. The van der Waals surface area contributed by atoms with E-state index in [9.17, 15) is 10.2 Å². The molecule has 6 nitrogen and oxygen atoms in total. The molecule has 2 saturated heterocycles. The molecule has 0 bridgehead atoms. The molecule has 130 valence electrons. The van der Waals surface area contributed by atoms with Gasteiger partial charge in [-0.2, -0.15) is 0 Å². The van der Waals surface area contributed by atoms with Gasteiger partial charge in [0.15, 0.2) is 11.6 Å². The molecule has 0 radical (unpaired) electrons. The maximum atomic E-state index is 10.7. The molecular formula is C16H24O6S. The summed E-state index contributed by atoms with van der Waals surface area (Å²) in [4.78, 5) is 0.775. The van der Waals surface area contributed by atoms with Gasteiger partial charge in [0.1, 0.15) is 30.5 Å². The summed E-state index contributed by atoms with van der Waals surface area (Å²) in [6.45, 7) is 7.41. The highest BCUT2D eigenvalue weighted by molar-refractivity contribution is 7.10. The third-order valence-electron chi connectivity index (χ3n) is 4.06. The number of aliphatic hydroxyl groups excluding tert-OH is 2. The van der Waals surface area contributed by atoms with Crippen LogP contribution in [0.2, 0.25) is 0 Å². The van der Waals surface area contributed by atoms with E-state index in [-0.39, 0.29) is 6.61 Å². The van der Waals surface area contributed by atoms with Gasteiger partial charge in [0.2, 0.25) is 0 Å². The highest BCUT2D eigenvalue weighted by Crippen LogP contribution is 2.39. The monoisotopic (exact) mass is 344 g/mol. The van der Waals surface area contributed by atoms with Crippen LogP contribution >= 0.6 is 11.3 Å². The average Bonchev–Trinajstić information content (AvgIpc) is 3.15. The van der Waals surface area contributed by atoms with E-state index in [0.29, 0.717) is 0 Å². The van der Waals surface area contributed by atoms with Gasteiger partial charge in [-0.15, -0.1) is 11.3 Å². The molecule has 5 atom stereocenters. The van der Waals surface area contributed by atoms with Crippen LogP contribution in [0.1, 0.15) is 38.7 Å². The van der Waals surface area contributed by atoms with Crippen molar-refractivity contribution in [3.63, 3.8) is 0 Å². The van der Waals surface area contributed by atoms with Crippen LogP contribution < -0.4 is 0 Å². The van der Waals surface area contributed by atoms with Crippen LogP contribution in [0.3, 0.4) is 0 Å². The molecule has 2 aliphatic rings. The highest BCUT2D eigenvalue weighted by Gasteiger charge is 2.52. The minimum atomic E-state index is -0.960. The highest BCUT2D eigenvalue weighted by atomic mass is 32.1. The van der Waals surface area contributed by atoms with Gasteiger partial charge in [-0.05, 0) is 39.1 Å². The predicted molar refractivity (Wildman–Crippen MR) is 84.0 cm³/mol. The molecule has 2 N–H and O–H groups in total. The third-order valence-corrected chi connectivity index (χ3v) is 5.00. The number of aliphatic hydroxyl groups is 2. The molecular weight excluding hydrogens is 320 g/mol. The van der Waals surface area contributed by atoms with Gasteiger partial charge in [0, 0.05) is 4.88 Å². The first-order valence-corrected chi connectivity index (χ1v) is 8.63. The minimum Gasteiger partial charge on any atom is -0.387 e. The number of hydrogen-bond acceptors (Lipinski definition) is 7. The second-order valence-electron chi connectivity index (χ2n) is 6.88. The Morgan fingerprint density at radius 2 is 1.78 bits per heavy atom. The van der Waals surface area contributed by atoms with Crippen LogP contribution in [0.4, 0.5) is 0 Å². The lowest BCUT2D eigenvalue weighted by Gasteiger charge is -2.28. The van der Waals surface area contributed by atoms with E-state index < -0.39 is 42.1 Å². The van der Waals surface area contributed by atoms with Crippen LogP contribution in [0.15, 0.2) is 17.5 Å². The quantitative estimate of drug-likeness (QED) is 0.867. The molecule has 2 aliphatic heterocycles. The summed E-state index contributed by atoms with van der Waals surface area (Å²) in [5.74, 6) is -1.62.